The Kier molecular flexibility index (Phi) is 3.67. The number of fused-ring (bicyclic) bond motifs is 4. The van der Waals surface area contributed by atoms with Gasteiger partial charge in [0, 0.05) is 23.7 Å². The number of nitrogens with zero attached hydrogens (tertiary/aromatic N) is 5. The van der Waals surface area contributed by atoms with Crippen molar-refractivity contribution in [2.45, 2.75) is 50.5 Å². The van der Waals surface area contributed by atoms with E-state index in [1.54, 1.807) is 29.8 Å². The van der Waals surface area contributed by atoms with E-state index in [1.165, 1.54) is 0 Å². The summed E-state index contributed by atoms with van der Waals surface area (Å²) in [5, 5.41) is 23.5. The van der Waals surface area contributed by atoms with Gasteiger partial charge in [-0.25, -0.2) is 14.4 Å². The minimum atomic E-state index is -0.964. The van der Waals surface area contributed by atoms with Crippen LogP contribution in [0.15, 0.2) is 24.5 Å². The molecule has 0 aliphatic carbocycles. The van der Waals surface area contributed by atoms with E-state index in [4.69, 9.17) is 0 Å². The van der Waals surface area contributed by atoms with Crippen molar-refractivity contribution in [2.24, 2.45) is 0 Å². The number of benzene rings is 1. The first-order valence-corrected chi connectivity index (χ1v) is 10.6. The maximum Gasteiger partial charge on any atom is 0.182 e. The van der Waals surface area contributed by atoms with Crippen LogP contribution in [-0.4, -0.2) is 48.1 Å². The zero-order valence-corrected chi connectivity index (χ0v) is 16.5. The highest BCUT2D eigenvalue weighted by molar-refractivity contribution is 7.18. The molecule has 0 radical (unpaired) electrons. The van der Waals surface area contributed by atoms with Crippen molar-refractivity contribution in [1.29, 1.82) is 0 Å². The Labute approximate surface area is 169 Å². The van der Waals surface area contributed by atoms with Crippen molar-refractivity contribution in [3.05, 3.63) is 29.5 Å². The van der Waals surface area contributed by atoms with Crippen molar-refractivity contribution in [3.63, 3.8) is 0 Å². The molecule has 4 atom stereocenters. The summed E-state index contributed by atoms with van der Waals surface area (Å²) in [4.78, 5) is 8.87. The molecule has 2 bridgehead atoms. The zero-order chi connectivity index (χ0) is 19.7. The molecule has 6 rings (SSSR count). The van der Waals surface area contributed by atoms with E-state index in [1.807, 2.05) is 17.6 Å². The predicted octanol–water partition coefficient (Wildman–Crippen LogP) is 3.52. The SMILES string of the molecule is Cc1nc2cc(O)c(-c3cc4ncn([C@@H]5C[C@H]6CC[C@H](N6)[C@@H]5F)c4nn3)cc2s1. The fourth-order valence-corrected chi connectivity index (χ4v) is 5.58. The second-order valence-corrected chi connectivity index (χ2v) is 9.19. The number of aromatic hydroxyl groups is 1. The van der Waals surface area contributed by atoms with Gasteiger partial charge in [0.15, 0.2) is 5.65 Å². The molecule has 29 heavy (non-hydrogen) atoms. The van der Waals surface area contributed by atoms with E-state index < -0.39 is 6.17 Å². The van der Waals surface area contributed by atoms with E-state index in [-0.39, 0.29) is 17.8 Å². The number of hydrogen-bond acceptors (Lipinski definition) is 7. The number of nitrogens with one attached hydrogen (secondary N) is 1. The largest absolute Gasteiger partial charge is 0.507 e. The van der Waals surface area contributed by atoms with Crippen LogP contribution in [0.25, 0.3) is 32.6 Å². The molecule has 2 N–H and O–H groups in total. The highest BCUT2D eigenvalue weighted by Crippen LogP contribution is 2.38. The topological polar surface area (TPSA) is 88.8 Å². The molecular weight excluding hydrogens is 391 g/mol. The van der Waals surface area contributed by atoms with Crippen LogP contribution in [0.1, 0.15) is 30.3 Å². The number of imidazole rings is 1. The van der Waals surface area contributed by atoms with E-state index in [9.17, 15) is 9.50 Å². The van der Waals surface area contributed by atoms with E-state index >= 15 is 0 Å². The van der Waals surface area contributed by atoms with Gasteiger partial charge in [-0.1, -0.05) is 0 Å². The number of aromatic nitrogens is 5. The molecule has 1 aromatic carbocycles. The average molecular weight is 410 g/mol. The van der Waals surface area contributed by atoms with Crippen molar-refractivity contribution in [1.82, 2.24) is 30.0 Å². The molecule has 2 aliphatic rings. The lowest BCUT2D eigenvalue weighted by Gasteiger charge is -2.33. The Bertz CT molecular complexity index is 1250. The highest BCUT2D eigenvalue weighted by Gasteiger charge is 2.43. The summed E-state index contributed by atoms with van der Waals surface area (Å²) >= 11 is 1.56. The van der Waals surface area contributed by atoms with Gasteiger partial charge >= 0.3 is 0 Å². The van der Waals surface area contributed by atoms with Gasteiger partial charge < -0.3 is 15.0 Å². The average Bonchev–Trinajstić information content (AvgIpc) is 3.40. The molecule has 7 nitrogen and oxygen atoms in total. The van der Waals surface area contributed by atoms with Crippen LogP contribution in [0, 0.1) is 6.92 Å². The molecule has 0 amide bonds. The number of aryl methyl sites for hydroxylation is 1. The number of hydrogen-bond donors (Lipinski definition) is 2. The maximum absolute atomic E-state index is 15.0. The first kappa shape index (κ1) is 17.2. The van der Waals surface area contributed by atoms with E-state index in [2.05, 4.69) is 25.5 Å². The third-order valence-corrected chi connectivity index (χ3v) is 7.05. The summed E-state index contributed by atoms with van der Waals surface area (Å²) in [5.74, 6) is 0.106. The first-order chi connectivity index (χ1) is 14.1. The van der Waals surface area contributed by atoms with Gasteiger partial charge in [-0.05, 0) is 38.3 Å². The van der Waals surface area contributed by atoms with Gasteiger partial charge in [0.2, 0.25) is 0 Å². The fourth-order valence-electron chi connectivity index (χ4n) is 4.73. The number of alkyl halides is 1. The van der Waals surface area contributed by atoms with Gasteiger partial charge in [0.1, 0.15) is 17.4 Å². The molecule has 2 fully saturated rings. The van der Waals surface area contributed by atoms with Crippen LogP contribution in [0.4, 0.5) is 4.39 Å². The monoisotopic (exact) mass is 410 g/mol. The normalized spacial score (nSPS) is 26.6. The second kappa shape index (κ2) is 6.17. The third-order valence-electron chi connectivity index (χ3n) is 6.12. The Morgan fingerprint density at radius 3 is 3.00 bits per heavy atom. The highest BCUT2D eigenvalue weighted by atomic mass is 32.1. The smallest absolute Gasteiger partial charge is 0.182 e. The molecular formula is C20H19FN6OS. The summed E-state index contributed by atoms with van der Waals surface area (Å²) in [7, 11) is 0. The Morgan fingerprint density at radius 1 is 1.21 bits per heavy atom. The minimum Gasteiger partial charge on any atom is -0.507 e. The number of phenolic OH excluding ortho intramolecular Hbond substituents is 1. The van der Waals surface area contributed by atoms with Gasteiger partial charge in [-0.15, -0.1) is 21.5 Å². The Morgan fingerprint density at radius 2 is 2.10 bits per heavy atom. The van der Waals surface area contributed by atoms with Crippen molar-refractivity contribution in [2.75, 3.05) is 0 Å². The van der Waals surface area contributed by atoms with Gasteiger partial charge in [0.25, 0.3) is 0 Å². The van der Waals surface area contributed by atoms with Crippen LogP contribution in [0.5, 0.6) is 5.75 Å². The third kappa shape index (κ3) is 2.64. The number of phenols is 1. The van der Waals surface area contributed by atoms with Gasteiger partial charge in [-0.3, -0.25) is 0 Å². The lowest BCUT2D eigenvalue weighted by molar-refractivity contribution is 0.140. The lowest BCUT2D eigenvalue weighted by Crippen LogP contribution is -2.47. The van der Waals surface area contributed by atoms with E-state index in [0.717, 1.165) is 34.5 Å². The number of thiazole rings is 1. The van der Waals surface area contributed by atoms with Gasteiger partial charge in [-0.2, -0.15) is 0 Å². The first-order valence-electron chi connectivity index (χ1n) is 9.78. The summed E-state index contributed by atoms with van der Waals surface area (Å²) in [6, 6.07) is 5.32. The van der Waals surface area contributed by atoms with Crippen LogP contribution in [0.3, 0.4) is 0 Å². The van der Waals surface area contributed by atoms with Crippen molar-refractivity contribution in [3.8, 4) is 17.0 Å². The van der Waals surface area contributed by atoms with Crippen molar-refractivity contribution < 1.29 is 9.50 Å². The zero-order valence-electron chi connectivity index (χ0n) is 15.7. The molecule has 0 spiro atoms. The molecule has 0 saturated carbocycles. The van der Waals surface area contributed by atoms with Crippen LogP contribution in [0.2, 0.25) is 0 Å². The molecule has 4 aromatic rings. The molecule has 2 saturated heterocycles. The quantitative estimate of drug-likeness (QED) is 0.526. The minimum absolute atomic E-state index is 0.0880. The Balaban J connectivity index is 1.41. The standard InChI is InChI=1S/C20H19FN6OS/c1-9-23-14-7-17(28)11(5-18(14)29-9)13-6-15-20(26-25-13)27(8-22-15)16-4-10-2-3-12(24-10)19(16)21/h5-8,10,12,16,19,24,28H,2-4H2,1H3/t10-,12+,16-,19+/m1/s1. The molecule has 9 heteroatoms. The fraction of sp³-hybridized carbons (Fsp3) is 0.400. The maximum atomic E-state index is 15.0. The lowest BCUT2D eigenvalue weighted by atomic mass is 9.97. The summed E-state index contributed by atoms with van der Waals surface area (Å²) in [6.07, 6.45) is 3.33. The predicted molar refractivity (Wildman–Crippen MR) is 109 cm³/mol. The molecule has 0 unspecified atom stereocenters. The molecule has 2 aliphatic heterocycles. The van der Waals surface area contributed by atoms with Gasteiger partial charge in [0.05, 0.1) is 33.3 Å². The molecule has 148 valence electrons. The van der Waals surface area contributed by atoms with E-state index in [0.29, 0.717) is 28.5 Å². The van der Waals surface area contributed by atoms with Crippen LogP contribution < -0.4 is 5.32 Å². The number of halogens is 1. The summed E-state index contributed by atoms with van der Waals surface area (Å²) in [5.41, 5.74) is 3.12. The van der Waals surface area contributed by atoms with Crippen molar-refractivity contribution >= 4 is 32.7 Å². The molecule has 3 aromatic heterocycles. The summed E-state index contributed by atoms with van der Waals surface area (Å²) < 4.78 is 17.8. The second-order valence-electron chi connectivity index (χ2n) is 7.96. The van der Waals surface area contributed by atoms with Crippen LogP contribution in [-0.2, 0) is 0 Å². The number of rotatable bonds is 2. The number of piperidine rings is 1. The summed E-state index contributed by atoms with van der Waals surface area (Å²) in [6.45, 7) is 1.94. The molecule has 5 heterocycles. The Hall–Kier alpha value is -2.65. The van der Waals surface area contributed by atoms with Crippen LogP contribution >= 0.6 is 11.3 Å².